The Kier molecular flexibility index (Phi) is 1.63. The molecule has 0 fully saturated rings. The van der Waals surface area contributed by atoms with Gasteiger partial charge in [0.05, 0.1) is 0 Å². The summed E-state index contributed by atoms with van der Waals surface area (Å²) >= 11 is 0. The van der Waals surface area contributed by atoms with E-state index in [1.54, 1.807) is 11.1 Å². The van der Waals surface area contributed by atoms with Crippen LogP contribution in [0.3, 0.4) is 0 Å². The molecule has 0 saturated heterocycles. The lowest BCUT2D eigenvalue weighted by atomic mass is 9.99. The number of hydrogen-bond donors (Lipinski definition) is 0. The van der Waals surface area contributed by atoms with E-state index >= 15 is 0 Å². The molecule has 0 heterocycles. The average molecular weight is 182 g/mol. The molecule has 0 radical (unpaired) electrons. The smallest absolute Gasteiger partial charge is 0.0149 e. The number of hydrogen-bond acceptors (Lipinski definition) is 0. The molecule has 1 aliphatic rings. The van der Waals surface area contributed by atoms with Crippen LogP contribution in [0.2, 0.25) is 0 Å². The minimum absolute atomic E-state index is 1.27. The molecule has 3 rings (SSSR count). The van der Waals surface area contributed by atoms with E-state index in [-0.39, 0.29) is 0 Å². The zero-order valence-electron chi connectivity index (χ0n) is 8.51. The van der Waals surface area contributed by atoms with Gasteiger partial charge >= 0.3 is 0 Å². The molecule has 0 aliphatic heterocycles. The van der Waals surface area contributed by atoms with Crippen molar-refractivity contribution in [1.29, 1.82) is 0 Å². The topological polar surface area (TPSA) is 0 Å². The van der Waals surface area contributed by atoms with Crippen LogP contribution in [0.25, 0.3) is 10.8 Å². The fraction of sp³-hybridized carbons (Fsp3) is 0.286. The molecular formula is C14H14. The van der Waals surface area contributed by atoms with E-state index in [0.29, 0.717) is 0 Å². The van der Waals surface area contributed by atoms with Crippen LogP contribution >= 0.6 is 0 Å². The highest BCUT2D eigenvalue weighted by Crippen LogP contribution is 2.30. The second-order valence-electron chi connectivity index (χ2n) is 4.28. The number of fused-ring (bicyclic) bond motifs is 3. The summed E-state index contributed by atoms with van der Waals surface area (Å²) in [5.74, 6) is 0. The molecule has 0 N–H and O–H groups in total. The van der Waals surface area contributed by atoms with Crippen molar-refractivity contribution in [3.05, 3.63) is 47.0 Å². The summed E-state index contributed by atoms with van der Waals surface area (Å²) < 4.78 is 0. The van der Waals surface area contributed by atoms with E-state index in [1.807, 2.05) is 0 Å². The van der Waals surface area contributed by atoms with Gasteiger partial charge in [0.1, 0.15) is 0 Å². The molecule has 0 aromatic heterocycles. The lowest BCUT2D eigenvalue weighted by Crippen LogP contribution is -1.85. The maximum absolute atomic E-state index is 2.31. The monoisotopic (exact) mass is 182 g/mol. The highest BCUT2D eigenvalue weighted by atomic mass is 14.2. The van der Waals surface area contributed by atoms with Gasteiger partial charge in [-0.15, -0.1) is 0 Å². The third-order valence-electron chi connectivity index (χ3n) is 3.26. The highest BCUT2D eigenvalue weighted by Gasteiger charge is 2.12. The van der Waals surface area contributed by atoms with Crippen LogP contribution in [0.4, 0.5) is 0 Å². The molecule has 0 amide bonds. The van der Waals surface area contributed by atoms with Gasteiger partial charge in [-0.2, -0.15) is 0 Å². The lowest BCUT2D eigenvalue weighted by molar-refractivity contribution is 0.913. The van der Waals surface area contributed by atoms with E-state index in [4.69, 9.17) is 0 Å². The Balaban J connectivity index is 2.39. The van der Waals surface area contributed by atoms with Crippen LogP contribution in [0.5, 0.6) is 0 Å². The zero-order valence-corrected chi connectivity index (χ0v) is 8.51. The summed E-state index contributed by atoms with van der Waals surface area (Å²) in [4.78, 5) is 0. The summed E-state index contributed by atoms with van der Waals surface area (Å²) in [6, 6.07) is 11.4. The SMILES string of the molecule is Cc1ccc2c3c(ccc2c1)CCC3. The molecule has 2 aromatic rings. The molecule has 0 spiro atoms. The Morgan fingerprint density at radius 1 is 1.00 bits per heavy atom. The number of aryl methyl sites for hydroxylation is 3. The van der Waals surface area contributed by atoms with Gasteiger partial charge < -0.3 is 0 Å². The van der Waals surface area contributed by atoms with Crippen LogP contribution in [0, 0.1) is 6.92 Å². The maximum atomic E-state index is 2.31. The molecule has 0 unspecified atom stereocenters. The second kappa shape index (κ2) is 2.84. The predicted octanol–water partition coefficient (Wildman–Crippen LogP) is 3.64. The summed E-state index contributed by atoms with van der Waals surface area (Å²) in [5, 5.41) is 2.89. The quantitative estimate of drug-likeness (QED) is 0.583. The average Bonchev–Trinajstić information content (AvgIpc) is 2.65. The number of rotatable bonds is 0. The molecule has 2 aromatic carbocycles. The Morgan fingerprint density at radius 3 is 2.86 bits per heavy atom. The van der Waals surface area contributed by atoms with Crippen molar-refractivity contribution in [2.24, 2.45) is 0 Å². The van der Waals surface area contributed by atoms with E-state index in [0.717, 1.165) is 0 Å². The standard InChI is InChI=1S/C14H14/c1-10-5-8-14-12(9-10)7-6-11-3-2-4-13(11)14/h5-9H,2-4H2,1H3. The third-order valence-corrected chi connectivity index (χ3v) is 3.26. The van der Waals surface area contributed by atoms with Crippen molar-refractivity contribution in [1.82, 2.24) is 0 Å². The van der Waals surface area contributed by atoms with Crippen molar-refractivity contribution in [3.63, 3.8) is 0 Å². The Labute approximate surface area is 84.6 Å². The van der Waals surface area contributed by atoms with Crippen LogP contribution in [-0.2, 0) is 12.8 Å². The molecule has 0 bridgehead atoms. The van der Waals surface area contributed by atoms with Gasteiger partial charge in [-0.25, -0.2) is 0 Å². The largest absolute Gasteiger partial charge is 0.0587 e. The second-order valence-corrected chi connectivity index (χ2v) is 4.28. The molecule has 1 aliphatic carbocycles. The maximum Gasteiger partial charge on any atom is -0.0149 e. The highest BCUT2D eigenvalue weighted by molar-refractivity contribution is 5.87. The fourth-order valence-corrected chi connectivity index (χ4v) is 2.54. The van der Waals surface area contributed by atoms with Gasteiger partial charge in [0.25, 0.3) is 0 Å². The van der Waals surface area contributed by atoms with Crippen LogP contribution < -0.4 is 0 Å². The molecule has 0 saturated carbocycles. The van der Waals surface area contributed by atoms with Crippen molar-refractivity contribution >= 4 is 10.8 Å². The lowest BCUT2D eigenvalue weighted by Gasteiger charge is -2.05. The third kappa shape index (κ3) is 1.07. The summed E-state index contributed by atoms with van der Waals surface area (Å²) in [6.07, 6.45) is 3.89. The van der Waals surface area contributed by atoms with E-state index < -0.39 is 0 Å². The Bertz CT molecular complexity index is 495. The van der Waals surface area contributed by atoms with Gasteiger partial charge in [0.15, 0.2) is 0 Å². The zero-order chi connectivity index (χ0) is 9.54. The van der Waals surface area contributed by atoms with Crippen LogP contribution in [0.15, 0.2) is 30.3 Å². The molecule has 70 valence electrons. The van der Waals surface area contributed by atoms with Crippen molar-refractivity contribution in [2.45, 2.75) is 26.2 Å². The number of benzene rings is 2. The van der Waals surface area contributed by atoms with Gasteiger partial charge in [-0.3, -0.25) is 0 Å². The van der Waals surface area contributed by atoms with Crippen molar-refractivity contribution < 1.29 is 0 Å². The molecule has 0 nitrogen and oxygen atoms in total. The first kappa shape index (κ1) is 8.05. The van der Waals surface area contributed by atoms with Crippen LogP contribution in [0.1, 0.15) is 23.1 Å². The minimum atomic E-state index is 1.27. The Hall–Kier alpha value is -1.30. The van der Waals surface area contributed by atoms with E-state index in [9.17, 15) is 0 Å². The van der Waals surface area contributed by atoms with E-state index in [2.05, 4.69) is 37.3 Å². The fourth-order valence-electron chi connectivity index (χ4n) is 2.54. The van der Waals surface area contributed by atoms with Crippen molar-refractivity contribution in [3.8, 4) is 0 Å². The molecule has 0 heteroatoms. The van der Waals surface area contributed by atoms with Gasteiger partial charge in [0, 0.05) is 0 Å². The molecule has 14 heavy (non-hydrogen) atoms. The first-order valence-electron chi connectivity index (χ1n) is 5.36. The van der Waals surface area contributed by atoms with E-state index in [1.165, 1.54) is 35.6 Å². The normalized spacial score (nSPS) is 14.6. The summed E-state index contributed by atoms with van der Waals surface area (Å²) in [7, 11) is 0. The first-order valence-corrected chi connectivity index (χ1v) is 5.36. The first-order chi connectivity index (χ1) is 6.84. The van der Waals surface area contributed by atoms with Gasteiger partial charge in [-0.1, -0.05) is 35.9 Å². The predicted molar refractivity (Wildman–Crippen MR) is 60.7 cm³/mol. The molecular weight excluding hydrogens is 168 g/mol. The van der Waals surface area contributed by atoms with Crippen molar-refractivity contribution in [2.75, 3.05) is 0 Å². The van der Waals surface area contributed by atoms with Gasteiger partial charge in [0.2, 0.25) is 0 Å². The summed E-state index contributed by atoms with van der Waals surface area (Å²) in [6.45, 7) is 2.16. The van der Waals surface area contributed by atoms with Crippen LogP contribution in [-0.4, -0.2) is 0 Å². The Morgan fingerprint density at radius 2 is 1.93 bits per heavy atom. The molecule has 0 atom stereocenters. The minimum Gasteiger partial charge on any atom is -0.0587 e. The summed E-state index contributed by atoms with van der Waals surface area (Å²) in [5.41, 5.74) is 4.53. The van der Waals surface area contributed by atoms with Gasteiger partial charge in [-0.05, 0) is 48.1 Å².